The Kier molecular flexibility index (Phi) is 5.37. The van der Waals surface area contributed by atoms with Crippen molar-refractivity contribution in [3.8, 4) is 11.5 Å². The van der Waals surface area contributed by atoms with E-state index in [1.165, 1.54) is 0 Å². The maximum absolute atomic E-state index is 6.38. The van der Waals surface area contributed by atoms with Crippen molar-refractivity contribution in [2.75, 3.05) is 19.5 Å². The molecular weight excluding hydrogens is 354 g/mol. The van der Waals surface area contributed by atoms with Gasteiger partial charge in [-0.25, -0.2) is 0 Å². The fourth-order valence-electron chi connectivity index (χ4n) is 2.06. The minimum Gasteiger partial charge on any atom is -0.493 e. The third-order valence-corrected chi connectivity index (χ3v) is 4.58. The molecule has 0 atom stereocenters. The number of anilines is 1. The lowest BCUT2D eigenvalue weighted by molar-refractivity contribution is 0.355. The summed E-state index contributed by atoms with van der Waals surface area (Å²) in [5.41, 5.74) is 3.18. The summed E-state index contributed by atoms with van der Waals surface area (Å²) in [6.45, 7) is 2.67. The van der Waals surface area contributed by atoms with Crippen molar-refractivity contribution in [2.45, 2.75) is 13.5 Å². The maximum atomic E-state index is 6.38. The van der Waals surface area contributed by atoms with Gasteiger partial charge in [0.05, 0.1) is 19.2 Å². The monoisotopic (exact) mass is 369 g/mol. The van der Waals surface area contributed by atoms with Crippen molar-refractivity contribution in [1.82, 2.24) is 0 Å². The first-order valence-corrected chi connectivity index (χ1v) is 7.64. The first-order valence-electron chi connectivity index (χ1n) is 6.46. The molecule has 0 radical (unpaired) electrons. The van der Waals surface area contributed by atoms with Gasteiger partial charge in [-0.3, -0.25) is 0 Å². The van der Waals surface area contributed by atoms with Gasteiger partial charge in [0.15, 0.2) is 11.5 Å². The van der Waals surface area contributed by atoms with Gasteiger partial charge in [0.2, 0.25) is 0 Å². The summed E-state index contributed by atoms with van der Waals surface area (Å²) in [4.78, 5) is 0. The zero-order valence-electron chi connectivity index (χ0n) is 12.2. The molecule has 0 aromatic heterocycles. The molecule has 2 aromatic rings. The predicted molar refractivity (Wildman–Crippen MR) is 90.8 cm³/mol. The molecule has 0 fully saturated rings. The lowest BCUT2D eigenvalue weighted by atomic mass is 10.1. The highest BCUT2D eigenvalue weighted by Gasteiger charge is 2.13. The topological polar surface area (TPSA) is 30.5 Å². The number of halogens is 2. The third-order valence-electron chi connectivity index (χ3n) is 3.30. The fourth-order valence-corrected chi connectivity index (χ4v) is 2.72. The lowest BCUT2D eigenvalue weighted by Gasteiger charge is -2.15. The van der Waals surface area contributed by atoms with Crippen LogP contribution in [0.4, 0.5) is 5.69 Å². The van der Waals surface area contributed by atoms with Gasteiger partial charge in [-0.05, 0) is 36.2 Å². The van der Waals surface area contributed by atoms with Crippen LogP contribution in [0.1, 0.15) is 11.1 Å². The van der Waals surface area contributed by atoms with E-state index in [9.17, 15) is 0 Å². The summed E-state index contributed by atoms with van der Waals surface area (Å²) < 4.78 is 11.6. The van der Waals surface area contributed by atoms with Crippen LogP contribution in [-0.4, -0.2) is 14.2 Å². The van der Waals surface area contributed by atoms with E-state index in [0.29, 0.717) is 23.1 Å². The molecule has 0 heterocycles. The molecule has 0 saturated carbocycles. The van der Waals surface area contributed by atoms with Crippen molar-refractivity contribution in [3.05, 3.63) is 51.0 Å². The molecule has 0 bridgehead atoms. The van der Waals surface area contributed by atoms with E-state index in [1.54, 1.807) is 14.2 Å². The van der Waals surface area contributed by atoms with Crippen LogP contribution in [0.15, 0.2) is 34.8 Å². The second-order valence-electron chi connectivity index (χ2n) is 4.54. The highest BCUT2D eigenvalue weighted by atomic mass is 79.9. The summed E-state index contributed by atoms with van der Waals surface area (Å²) in [6, 6.07) is 9.84. The smallest absolute Gasteiger partial charge is 0.179 e. The third kappa shape index (κ3) is 3.44. The summed E-state index contributed by atoms with van der Waals surface area (Å²) in [5, 5.41) is 3.96. The summed E-state index contributed by atoms with van der Waals surface area (Å²) >= 11 is 9.90. The Morgan fingerprint density at radius 3 is 2.57 bits per heavy atom. The molecule has 2 rings (SSSR count). The van der Waals surface area contributed by atoms with Crippen LogP contribution in [0, 0.1) is 6.92 Å². The summed E-state index contributed by atoms with van der Waals surface area (Å²) in [5.74, 6) is 1.19. The molecule has 112 valence electrons. The highest BCUT2D eigenvalue weighted by Crippen LogP contribution is 2.37. The molecule has 3 nitrogen and oxygen atoms in total. The SMILES string of the molecule is COc1ccc(CNc2cccc(Br)c2C)c(Cl)c1OC. The van der Waals surface area contributed by atoms with Gasteiger partial charge in [0.25, 0.3) is 0 Å². The van der Waals surface area contributed by atoms with E-state index in [2.05, 4.69) is 28.2 Å². The average molecular weight is 371 g/mol. The van der Waals surface area contributed by atoms with Gasteiger partial charge in [0, 0.05) is 16.7 Å². The van der Waals surface area contributed by atoms with E-state index < -0.39 is 0 Å². The largest absolute Gasteiger partial charge is 0.493 e. The van der Waals surface area contributed by atoms with Crippen LogP contribution in [0.5, 0.6) is 11.5 Å². The van der Waals surface area contributed by atoms with Gasteiger partial charge >= 0.3 is 0 Å². The minimum atomic E-state index is 0.560. The fraction of sp³-hybridized carbons (Fsp3) is 0.250. The molecule has 0 unspecified atom stereocenters. The summed E-state index contributed by atoms with van der Waals surface area (Å²) in [6.07, 6.45) is 0. The zero-order chi connectivity index (χ0) is 15.4. The van der Waals surface area contributed by atoms with E-state index in [4.69, 9.17) is 21.1 Å². The molecule has 0 saturated heterocycles. The molecule has 2 aromatic carbocycles. The average Bonchev–Trinajstić information content (AvgIpc) is 2.49. The predicted octanol–water partition coefficient (Wildman–Crippen LogP) is 5.04. The molecular formula is C16H17BrClNO2. The van der Waals surface area contributed by atoms with Crippen molar-refractivity contribution >= 4 is 33.2 Å². The van der Waals surface area contributed by atoms with Gasteiger partial charge in [-0.1, -0.05) is 39.7 Å². The molecule has 0 aliphatic rings. The quantitative estimate of drug-likeness (QED) is 0.800. The first-order chi connectivity index (χ1) is 10.1. The second kappa shape index (κ2) is 7.05. The second-order valence-corrected chi connectivity index (χ2v) is 5.77. The van der Waals surface area contributed by atoms with Gasteiger partial charge in [-0.15, -0.1) is 0 Å². The molecule has 1 N–H and O–H groups in total. The molecule has 0 aliphatic carbocycles. The Bertz CT molecular complexity index is 646. The van der Waals surface area contributed by atoms with Crippen LogP contribution < -0.4 is 14.8 Å². The van der Waals surface area contributed by atoms with E-state index in [0.717, 1.165) is 21.3 Å². The standard InChI is InChI=1S/C16H17BrClNO2/c1-10-12(17)5-4-6-13(10)19-9-11-7-8-14(20-2)16(21-3)15(11)18/h4-8,19H,9H2,1-3H3. The molecule has 21 heavy (non-hydrogen) atoms. The Balaban J connectivity index is 2.22. The first kappa shape index (κ1) is 16.0. The Labute approximate surface area is 138 Å². The van der Waals surface area contributed by atoms with Crippen molar-refractivity contribution < 1.29 is 9.47 Å². The van der Waals surface area contributed by atoms with Crippen molar-refractivity contribution in [3.63, 3.8) is 0 Å². The zero-order valence-corrected chi connectivity index (χ0v) is 14.5. The van der Waals surface area contributed by atoms with Gasteiger partial charge in [0.1, 0.15) is 0 Å². The van der Waals surface area contributed by atoms with Crippen LogP contribution in [0.2, 0.25) is 5.02 Å². The normalized spacial score (nSPS) is 10.3. The molecule has 0 amide bonds. The highest BCUT2D eigenvalue weighted by molar-refractivity contribution is 9.10. The van der Waals surface area contributed by atoms with Crippen LogP contribution in [0.3, 0.4) is 0 Å². The van der Waals surface area contributed by atoms with Gasteiger partial charge < -0.3 is 14.8 Å². The Morgan fingerprint density at radius 2 is 1.90 bits per heavy atom. The van der Waals surface area contributed by atoms with Crippen molar-refractivity contribution in [1.29, 1.82) is 0 Å². The number of benzene rings is 2. The molecule has 5 heteroatoms. The van der Waals surface area contributed by atoms with Crippen LogP contribution in [0.25, 0.3) is 0 Å². The van der Waals surface area contributed by atoms with E-state index in [-0.39, 0.29) is 0 Å². The Hall–Kier alpha value is -1.39. The number of ether oxygens (including phenoxy) is 2. The van der Waals surface area contributed by atoms with Crippen LogP contribution >= 0.6 is 27.5 Å². The minimum absolute atomic E-state index is 0.560. The Morgan fingerprint density at radius 1 is 1.14 bits per heavy atom. The van der Waals surface area contributed by atoms with Crippen molar-refractivity contribution in [2.24, 2.45) is 0 Å². The molecule has 0 spiro atoms. The molecule has 0 aliphatic heterocycles. The number of methoxy groups -OCH3 is 2. The number of nitrogens with one attached hydrogen (secondary N) is 1. The maximum Gasteiger partial charge on any atom is 0.179 e. The number of hydrogen-bond acceptors (Lipinski definition) is 3. The van der Waals surface area contributed by atoms with Crippen LogP contribution in [-0.2, 0) is 6.54 Å². The lowest BCUT2D eigenvalue weighted by Crippen LogP contribution is -2.03. The number of hydrogen-bond donors (Lipinski definition) is 1. The number of rotatable bonds is 5. The van der Waals surface area contributed by atoms with E-state index in [1.807, 2.05) is 30.3 Å². The van der Waals surface area contributed by atoms with Gasteiger partial charge in [-0.2, -0.15) is 0 Å². The van der Waals surface area contributed by atoms with E-state index >= 15 is 0 Å². The summed E-state index contributed by atoms with van der Waals surface area (Å²) in [7, 11) is 3.18.